The van der Waals surface area contributed by atoms with E-state index in [-0.39, 0.29) is 12.1 Å². The lowest BCUT2D eigenvalue weighted by Gasteiger charge is -2.07. The third-order valence-electron chi connectivity index (χ3n) is 1.80. The Labute approximate surface area is 82.7 Å². The minimum atomic E-state index is -4.73. The van der Waals surface area contributed by atoms with Crippen molar-refractivity contribution in [3.63, 3.8) is 0 Å². The first-order chi connectivity index (χ1) is 6.86. The summed E-state index contributed by atoms with van der Waals surface area (Å²) in [5.74, 6) is 0. The number of alkyl halides is 3. The molecule has 0 aromatic heterocycles. The molecule has 0 saturated carbocycles. The number of hydrogen-bond acceptors (Lipinski definition) is 3. The molecule has 1 rings (SSSR count). The first-order valence-electron chi connectivity index (χ1n) is 3.91. The predicted octanol–water partition coefficient (Wildman–Crippen LogP) is 2.07. The molecule has 0 aliphatic carbocycles. The maximum absolute atomic E-state index is 12.3. The van der Waals surface area contributed by atoms with Crippen LogP contribution in [0.4, 0.5) is 18.9 Å². The summed E-state index contributed by atoms with van der Waals surface area (Å²) in [6.45, 7) is -0.0427. The van der Waals surface area contributed by atoms with Crippen molar-refractivity contribution in [3.8, 4) is 0 Å². The summed E-state index contributed by atoms with van der Waals surface area (Å²) >= 11 is 0. The molecule has 15 heavy (non-hydrogen) atoms. The zero-order chi connectivity index (χ0) is 11.6. The number of halogens is 3. The third-order valence-corrected chi connectivity index (χ3v) is 1.80. The zero-order valence-electron chi connectivity index (χ0n) is 7.41. The molecule has 7 heteroatoms. The van der Waals surface area contributed by atoms with E-state index in [2.05, 4.69) is 0 Å². The Morgan fingerprint density at radius 1 is 1.40 bits per heavy atom. The molecule has 1 aromatic carbocycles. The Balaban J connectivity index is 3.34. The highest BCUT2D eigenvalue weighted by atomic mass is 19.4. The van der Waals surface area contributed by atoms with Gasteiger partial charge in [0.1, 0.15) is 5.56 Å². The molecule has 0 amide bonds. The van der Waals surface area contributed by atoms with Gasteiger partial charge in [-0.3, -0.25) is 10.1 Å². The fourth-order valence-corrected chi connectivity index (χ4v) is 1.09. The van der Waals surface area contributed by atoms with Gasteiger partial charge < -0.3 is 5.73 Å². The van der Waals surface area contributed by atoms with E-state index >= 15 is 0 Å². The van der Waals surface area contributed by atoms with Crippen LogP contribution in [-0.2, 0) is 12.7 Å². The van der Waals surface area contributed by atoms with Crippen molar-refractivity contribution in [2.24, 2.45) is 5.73 Å². The Kier molecular flexibility index (Phi) is 2.94. The molecule has 0 radical (unpaired) electrons. The van der Waals surface area contributed by atoms with Crippen molar-refractivity contribution < 1.29 is 18.1 Å². The van der Waals surface area contributed by atoms with E-state index in [9.17, 15) is 23.3 Å². The van der Waals surface area contributed by atoms with Gasteiger partial charge in [0.2, 0.25) is 0 Å². The summed E-state index contributed by atoms with van der Waals surface area (Å²) in [6, 6.07) is 2.62. The van der Waals surface area contributed by atoms with Crippen LogP contribution in [0.3, 0.4) is 0 Å². The summed E-state index contributed by atoms with van der Waals surface area (Å²) in [5, 5.41) is 10.4. The average Bonchev–Trinajstić information content (AvgIpc) is 2.15. The summed E-state index contributed by atoms with van der Waals surface area (Å²) in [7, 11) is 0. The van der Waals surface area contributed by atoms with E-state index in [4.69, 9.17) is 5.73 Å². The van der Waals surface area contributed by atoms with Gasteiger partial charge >= 0.3 is 6.18 Å². The summed E-state index contributed by atoms with van der Waals surface area (Å²) in [6.07, 6.45) is -4.73. The number of nitrogens with zero attached hydrogens (tertiary/aromatic N) is 1. The van der Waals surface area contributed by atoms with E-state index in [1.54, 1.807) is 0 Å². The van der Waals surface area contributed by atoms with E-state index in [0.29, 0.717) is 6.07 Å². The van der Waals surface area contributed by atoms with Crippen molar-refractivity contribution in [2.45, 2.75) is 12.7 Å². The van der Waals surface area contributed by atoms with Crippen molar-refractivity contribution in [2.75, 3.05) is 0 Å². The molecule has 0 atom stereocenters. The van der Waals surface area contributed by atoms with Crippen LogP contribution in [0.1, 0.15) is 11.1 Å². The second-order valence-corrected chi connectivity index (χ2v) is 2.81. The second-order valence-electron chi connectivity index (χ2n) is 2.81. The molecule has 0 spiro atoms. The Morgan fingerprint density at radius 3 is 2.40 bits per heavy atom. The maximum Gasteiger partial charge on any atom is 0.422 e. The molecule has 0 fully saturated rings. The van der Waals surface area contributed by atoms with Gasteiger partial charge in [0.25, 0.3) is 5.69 Å². The number of rotatable bonds is 2. The van der Waals surface area contributed by atoms with Crippen molar-refractivity contribution >= 4 is 5.69 Å². The van der Waals surface area contributed by atoms with Gasteiger partial charge in [0.05, 0.1) is 4.92 Å². The average molecular weight is 220 g/mol. The van der Waals surface area contributed by atoms with Crippen LogP contribution in [0, 0.1) is 10.1 Å². The maximum atomic E-state index is 12.3. The van der Waals surface area contributed by atoms with E-state index < -0.39 is 22.4 Å². The van der Waals surface area contributed by atoms with Crippen molar-refractivity contribution in [1.82, 2.24) is 0 Å². The molecule has 0 bridgehead atoms. The fraction of sp³-hybridized carbons (Fsp3) is 0.250. The van der Waals surface area contributed by atoms with E-state index in [1.807, 2.05) is 0 Å². The van der Waals surface area contributed by atoms with Crippen LogP contribution >= 0.6 is 0 Å². The molecule has 0 unspecified atom stereocenters. The molecule has 1 aromatic rings. The van der Waals surface area contributed by atoms with Gasteiger partial charge in [0, 0.05) is 12.6 Å². The van der Waals surface area contributed by atoms with Crippen LogP contribution in [0.25, 0.3) is 0 Å². The quantitative estimate of drug-likeness (QED) is 0.612. The number of hydrogen-bond donors (Lipinski definition) is 1. The van der Waals surface area contributed by atoms with Crippen molar-refractivity contribution in [1.29, 1.82) is 0 Å². The number of nitro groups is 1. The third kappa shape index (κ3) is 2.44. The second kappa shape index (κ2) is 3.85. The molecule has 0 saturated heterocycles. The highest BCUT2D eigenvalue weighted by Crippen LogP contribution is 2.36. The van der Waals surface area contributed by atoms with Crippen LogP contribution in [0.15, 0.2) is 18.2 Å². The highest BCUT2D eigenvalue weighted by Gasteiger charge is 2.38. The first-order valence-corrected chi connectivity index (χ1v) is 3.91. The molecule has 0 aliphatic rings. The predicted molar refractivity (Wildman–Crippen MR) is 46.0 cm³/mol. The molecule has 2 N–H and O–H groups in total. The summed E-state index contributed by atoms with van der Waals surface area (Å²) in [4.78, 5) is 9.33. The van der Waals surface area contributed by atoms with Gasteiger partial charge in [-0.05, 0) is 11.6 Å². The SMILES string of the molecule is NCc1ccc(C(F)(F)F)c([N+](=O)[O-])c1. The molecule has 0 aliphatic heterocycles. The lowest BCUT2D eigenvalue weighted by molar-refractivity contribution is -0.388. The number of nitro benzene ring substituents is 1. The lowest BCUT2D eigenvalue weighted by atomic mass is 10.1. The van der Waals surface area contributed by atoms with Gasteiger partial charge in [-0.2, -0.15) is 13.2 Å². The van der Waals surface area contributed by atoms with Crippen LogP contribution < -0.4 is 5.73 Å². The number of benzene rings is 1. The van der Waals surface area contributed by atoms with Crippen molar-refractivity contribution in [3.05, 3.63) is 39.4 Å². The van der Waals surface area contributed by atoms with Crippen LogP contribution in [-0.4, -0.2) is 4.92 Å². The summed E-state index contributed by atoms with van der Waals surface area (Å²) < 4.78 is 36.9. The molecular formula is C8H7F3N2O2. The zero-order valence-corrected chi connectivity index (χ0v) is 7.41. The minimum absolute atomic E-state index is 0.0427. The highest BCUT2D eigenvalue weighted by molar-refractivity contribution is 5.45. The Bertz CT molecular complexity index is 390. The minimum Gasteiger partial charge on any atom is -0.326 e. The van der Waals surface area contributed by atoms with Gasteiger partial charge in [-0.25, -0.2) is 0 Å². The van der Waals surface area contributed by atoms with E-state index in [0.717, 1.165) is 12.1 Å². The summed E-state index contributed by atoms with van der Waals surface area (Å²) in [5.41, 5.74) is 3.23. The van der Waals surface area contributed by atoms with Gasteiger partial charge in [-0.1, -0.05) is 6.07 Å². The molecule has 82 valence electrons. The standard InChI is InChI=1S/C8H7F3N2O2/c9-8(10,11)6-2-1-5(4-12)3-7(6)13(14)15/h1-3H,4,12H2. The molecule has 4 nitrogen and oxygen atoms in total. The fourth-order valence-electron chi connectivity index (χ4n) is 1.09. The van der Waals surface area contributed by atoms with Gasteiger partial charge in [0.15, 0.2) is 0 Å². The number of nitrogens with two attached hydrogens (primary N) is 1. The normalized spacial score (nSPS) is 11.5. The topological polar surface area (TPSA) is 69.2 Å². The first kappa shape index (κ1) is 11.4. The van der Waals surface area contributed by atoms with E-state index in [1.165, 1.54) is 0 Å². The Morgan fingerprint density at radius 2 is 2.00 bits per heavy atom. The molecular weight excluding hydrogens is 213 g/mol. The largest absolute Gasteiger partial charge is 0.422 e. The lowest BCUT2D eigenvalue weighted by Crippen LogP contribution is -2.10. The Hall–Kier alpha value is -1.63. The monoisotopic (exact) mass is 220 g/mol. The molecule has 0 heterocycles. The van der Waals surface area contributed by atoms with Crippen LogP contribution in [0.2, 0.25) is 0 Å². The van der Waals surface area contributed by atoms with Crippen LogP contribution in [0.5, 0.6) is 0 Å². The smallest absolute Gasteiger partial charge is 0.326 e. The van der Waals surface area contributed by atoms with Gasteiger partial charge in [-0.15, -0.1) is 0 Å².